The van der Waals surface area contributed by atoms with Crippen molar-refractivity contribution in [2.45, 2.75) is 85.8 Å². The number of carboxylic acid groups (broad SMARTS) is 1. The first-order chi connectivity index (χ1) is 28.8. The summed E-state index contributed by atoms with van der Waals surface area (Å²) in [6.45, 7) is 4.97. The highest BCUT2D eigenvalue weighted by Gasteiger charge is 2.48. The number of hydrogen-bond donors (Lipinski definition) is 4. The van der Waals surface area contributed by atoms with Gasteiger partial charge >= 0.3 is 5.97 Å². The third kappa shape index (κ3) is 13.3. The monoisotopic (exact) mass is 946 g/mol. The van der Waals surface area contributed by atoms with Crippen molar-refractivity contribution in [1.82, 2.24) is 0 Å². The number of unbranched alkanes of at least 4 members (excludes halogenated alkanes) is 2. The van der Waals surface area contributed by atoms with Gasteiger partial charge in [0.2, 0.25) is 5.69 Å². The van der Waals surface area contributed by atoms with Crippen LogP contribution in [0.5, 0.6) is 0 Å². The summed E-state index contributed by atoms with van der Waals surface area (Å²) in [6.07, 6.45) is 10.5. The van der Waals surface area contributed by atoms with E-state index in [-0.39, 0.29) is 43.7 Å². The number of methoxy groups -OCH3 is 1. The predicted octanol–water partition coefficient (Wildman–Crippen LogP) is 4.61. The maximum atomic E-state index is 12.3. The van der Waals surface area contributed by atoms with Crippen LogP contribution in [0.15, 0.2) is 82.3 Å². The number of hydrogen-bond acceptors (Lipinski definition) is 13. The average molecular weight is 947 g/mol. The molecule has 0 saturated carbocycles. The van der Waals surface area contributed by atoms with Gasteiger partial charge in [-0.25, -0.2) is 8.42 Å². The molecule has 0 saturated heterocycles. The van der Waals surface area contributed by atoms with Gasteiger partial charge in [-0.1, -0.05) is 18.2 Å². The van der Waals surface area contributed by atoms with E-state index >= 15 is 0 Å². The Bertz CT molecular complexity index is 2550. The first kappa shape index (κ1) is 50.8. The van der Waals surface area contributed by atoms with Crippen molar-refractivity contribution in [3.8, 4) is 0 Å². The van der Waals surface area contributed by atoms with Crippen LogP contribution in [0, 0.1) is 0 Å². The van der Waals surface area contributed by atoms with Gasteiger partial charge in [-0.3, -0.25) is 18.5 Å². The van der Waals surface area contributed by atoms with Crippen molar-refractivity contribution in [3.63, 3.8) is 0 Å². The fourth-order valence-electron chi connectivity index (χ4n) is 8.00. The highest BCUT2D eigenvalue weighted by atomic mass is 32.2. The molecular formula is C40H54N2O16S4. The molecule has 22 heteroatoms. The van der Waals surface area contributed by atoms with Gasteiger partial charge in [-0.2, -0.15) is 29.8 Å². The molecule has 18 nitrogen and oxygen atoms in total. The molecule has 2 aromatic rings. The molecule has 0 radical (unpaired) electrons. The third-order valence-corrected chi connectivity index (χ3v) is 14.3. The molecule has 4 rings (SSSR count). The summed E-state index contributed by atoms with van der Waals surface area (Å²) in [4.78, 5) is 12.0. The second-order valence-electron chi connectivity index (χ2n) is 15.5. The van der Waals surface area contributed by atoms with Crippen molar-refractivity contribution in [1.29, 1.82) is 0 Å². The summed E-state index contributed by atoms with van der Waals surface area (Å²) in [5.74, 6) is -2.13. The molecule has 0 spiro atoms. The Morgan fingerprint density at radius 3 is 2.06 bits per heavy atom. The number of ether oxygens (including phenoxy) is 2. The normalized spacial score (nSPS) is 20.2. The molecular weight excluding hydrogens is 893 g/mol. The lowest BCUT2D eigenvalue weighted by Crippen LogP contribution is -2.33. The van der Waals surface area contributed by atoms with E-state index in [1.807, 2.05) is 17.6 Å². The maximum Gasteiger partial charge on any atom is 0.303 e. The van der Waals surface area contributed by atoms with E-state index < -0.39 is 73.7 Å². The van der Waals surface area contributed by atoms with Gasteiger partial charge in [-0.15, -0.1) is 0 Å². The van der Waals surface area contributed by atoms with E-state index in [2.05, 4.69) is 0 Å². The molecule has 2 atom stereocenters. The molecule has 2 unspecified atom stereocenters. The number of fused-ring (bicyclic) bond motifs is 2. The predicted molar refractivity (Wildman–Crippen MR) is 229 cm³/mol. The van der Waals surface area contributed by atoms with Crippen molar-refractivity contribution in [3.05, 3.63) is 83.6 Å². The Morgan fingerprint density at radius 2 is 1.44 bits per heavy atom. The molecule has 62 heavy (non-hydrogen) atoms. The van der Waals surface area contributed by atoms with Crippen LogP contribution in [-0.2, 0) is 65.6 Å². The summed E-state index contributed by atoms with van der Waals surface area (Å²) in [5, 5.41) is 9.15. The summed E-state index contributed by atoms with van der Waals surface area (Å²) in [7, 11) is -16.7. The molecule has 0 amide bonds. The molecule has 2 heterocycles. The number of rotatable bonds is 25. The number of allylic oxidation sites excluding steroid dienone is 6. The molecule has 2 aromatic carbocycles. The third-order valence-electron chi connectivity index (χ3n) is 11.0. The number of carboxylic acids is 1. The standard InChI is InChI=1S/C40H54N2O16S4/c1-39(19-10-26-59(45,46)47)32-28-30(61(51,52)53)15-17-34(32)42(22-11-27-60(48,49)50)36(39)12-6-4-7-13-37-40(2,20-23-58-25-24-57-3)33-29-31(62(54,55)56)16-18-35(33)41(37)21-9-5-8-14-38(43)44/h4,6-7,12-13,15-18,28-29H,5,8-11,14,19-27H2,1-3H3,(H4-,43,44,45,46,47,48,49,50,51,52,53,54,55,56). The average Bonchev–Trinajstić information content (AvgIpc) is 3.52. The van der Waals surface area contributed by atoms with Crippen LogP contribution in [0.4, 0.5) is 11.4 Å². The van der Waals surface area contributed by atoms with Crippen molar-refractivity contribution in [2.75, 3.05) is 56.4 Å². The van der Waals surface area contributed by atoms with E-state index in [4.69, 9.17) is 14.6 Å². The largest absolute Gasteiger partial charge is 0.744 e. The summed E-state index contributed by atoms with van der Waals surface area (Å²) >= 11 is 0. The Kier molecular flexibility index (Phi) is 17.0. The quantitative estimate of drug-likeness (QED) is 0.0457. The second-order valence-corrected chi connectivity index (χ2v) is 21.5. The summed E-state index contributed by atoms with van der Waals surface area (Å²) < 4.78 is 150. The van der Waals surface area contributed by atoms with E-state index in [1.165, 1.54) is 31.4 Å². The fourth-order valence-corrected chi connectivity index (χ4v) is 10.0. The lowest BCUT2D eigenvalue weighted by molar-refractivity contribution is -0.438. The Balaban J connectivity index is 1.83. The minimum Gasteiger partial charge on any atom is -0.744 e. The number of aliphatic carboxylic acids is 1. The number of nitrogens with zero attached hydrogens (tertiary/aromatic N) is 2. The van der Waals surface area contributed by atoms with Crippen LogP contribution in [0.2, 0.25) is 0 Å². The van der Waals surface area contributed by atoms with Gasteiger partial charge in [0.25, 0.3) is 30.4 Å². The van der Waals surface area contributed by atoms with Gasteiger partial charge < -0.3 is 24.0 Å². The Labute approximate surface area is 363 Å². The van der Waals surface area contributed by atoms with Crippen LogP contribution in [0.3, 0.4) is 0 Å². The minimum absolute atomic E-state index is 0.00312. The second kappa shape index (κ2) is 20.8. The van der Waals surface area contributed by atoms with Crippen molar-refractivity contribution >= 4 is 63.5 Å². The van der Waals surface area contributed by atoms with Gasteiger partial charge in [0, 0.05) is 67.6 Å². The Morgan fingerprint density at radius 1 is 0.774 bits per heavy atom. The highest BCUT2D eigenvalue weighted by molar-refractivity contribution is 7.86. The Hall–Kier alpha value is -3.84. The zero-order valence-corrected chi connectivity index (χ0v) is 37.9. The molecule has 0 aromatic heterocycles. The molecule has 0 aliphatic carbocycles. The topological polar surface area (TPSA) is 282 Å². The van der Waals surface area contributed by atoms with E-state index in [9.17, 15) is 56.7 Å². The molecule has 2 aliphatic heterocycles. The lowest BCUT2D eigenvalue weighted by Gasteiger charge is -2.30. The van der Waals surface area contributed by atoms with Gasteiger partial charge in [-0.05, 0) is 94.3 Å². The first-order valence-corrected chi connectivity index (χ1v) is 25.8. The number of anilines is 1. The van der Waals surface area contributed by atoms with E-state index in [1.54, 1.807) is 42.2 Å². The first-order valence-electron chi connectivity index (χ1n) is 19.7. The zero-order valence-electron chi connectivity index (χ0n) is 34.7. The van der Waals surface area contributed by atoms with Crippen LogP contribution in [0.25, 0.3) is 0 Å². The van der Waals surface area contributed by atoms with Crippen LogP contribution < -0.4 is 4.90 Å². The fraction of sp³-hybridized carbons (Fsp3) is 0.500. The van der Waals surface area contributed by atoms with Crippen LogP contribution in [0.1, 0.15) is 76.3 Å². The zero-order chi connectivity index (χ0) is 46.1. The lowest BCUT2D eigenvalue weighted by atomic mass is 9.76. The van der Waals surface area contributed by atoms with E-state index in [0.29, 0.717) is 73.6 Å². The molecule has 0 fully saturated rings. The summed E-state index contributed by atoms with van der Waals surface area (Å²) in [5.41, 5.74) is 1.25. The smallest absolute Gasteiger partial charge is 0.303 e. The maximum absolute atomic E-state index is 12.3. The van der Waals surface area contributed by atoms with Crippen molar-refractivity contribution in [2.24, 2.45) is 0 Å². The highest BCUT2D eigenvalue weighted by Crippen LogP contribution is 2.51. The van der Waals surface area contributed by atoms with Gasteiger partial charge in [0.15, 0.2) is 5.71 Å². The van der Waals surface area contributed by atoms with Crippen LogP contribution >= 0.6 is 0 Å². The van der Waals surface area contributed by atoms with Gasteiger partial charge in [0.1, 0.15) is 16.7 Å². The summed E-state index contributed by atoms with van der Waals surface area (Å²) in [6, 6.07) is 8.06. The number of benzene rings is 2. The van der Waals surface area contributed by atoms with Crippen molar-refractivity contribution < 1.29 is 75.8 Å². The minimum atomic E-state index is -4.93. The molecule has 2 aliphatic rings. The molecule has 344 valence electrons. The van der Waals surface area contributed by atoms with E-state index in [0.717, 1.165) is 11.8 Å². The van der Waals surface area contributed by atoms with Gasteiger partial charge in [0.05, 0.1) is 39.9 Å². The van der Waals surface area contributed by atoms with Crippen LogP contribution in [-0.4, -0.2) is 125 Å². The molecule has 0 bridgehead atoms. The SMILES string of the molecule is COCCOCCC1(C)C(/C=C/C=C/C=C2/N(CCCS(=O)(=O)O)c3ccc(S(=O)(=O)[O-])cc3C2(C)CCCS(=O)(=O)O)=[N+](CCCCCC(=O)O)c2ccc(S(=O)(=O)O)cc21. The molecule has 4 N–H and O–H groups in total. The number of carbonyl (C=O) groups is 1.